The molecule has 1 aliphatic heterocycles. The molecular formula is C24H25NO8. The first-order chi connectivity index (χ1) is 15.8. The lowest BCUT2D eigenvalue weighted by Crippen LogP contribution is -2.38. The van der Waals surface area contributed by atoms with Crippen molar-refractivity contribution < 1.29 is 37.8 Å². The highest BCUT2D eigenvalue weighted by Crippen LogP contribution is 2.32. The van der Waals surface area contributed by atoms with Crippen LogP contribution in [0.4, 0.5) is 0 Å². The lowest BCUT2D eigenvalue weighted by molar-refractivity contribution is -0.151. The molecule has 0 aliphatic carbocycles. The molecule has 0 saturated carbocycles. The monoisotopic (exact) mass is 455 g/mol. The van der Waals surface area contributed by atoms with Gasteiger partial charge in [0.1, 0.15) is 11.5 Å². The highest BCUT2D eigenvalue weighted by Gasteiger charge is 2.42. The van der Waals surface area contributed by atoms with Crippen LogP contribution in [0.2, 0.25) is 0 Å². The number of ether oxygens (including phenoxy) is 3. The summed E-state index contributed by atoms with van der Waals surface area (Å²) in [4.78, 5) is 51.0. The van der Waals surface area contributed by atoms with Gasteiger partial charge in [-0.3, -0.25) is 9.59 Å². The van der Waals surface area contributed by atoms with Gasteiger partial charge in [0.2, 0.25) is 5.78 Å². The molecule has 33 heavy (non-hydrogen) atoms. The summed E-state index contributed by atoms with van der Waals surface area (Å²) in [6.07, 6.45) is 0. The van der Waals surface area contributed by atoms with E-state index in [1.54, 1.807) is 58.0 Å². The Balaban J connectivity index is 1.87. The number of carbonyl (C=O) groups excluding carboxylic acids is 4. The number of furan rings is 1. The highest BCUT2D eigenvalue weighted by atomic mass is 16.5. The van der Waals surface area contributed by atoms with E-state index in [9.17, 15) is 19.2 Å². The number of dihydropyridines is 1. The zero-order valence-corrected chi connectivity index (χ0v) is 18.9. The Bertz CT molecular complexity index is 1100. The minimum atomic E-state index is -1.41. The fraction of sp³-hybridized carbons (Fsp3) is 0.333. The van der Waals surface area contributed by atoms with Crippen LogP contribution in [0.5, 0.6) is 0 Å². The van der Waals surface area contributed by atoms with Gasteiger partial charge in [0.15, 0.2) is 12.4 Å². The van der Waals surface area contributed by atoms with E-state index in [4.69, 9.17) is 18.6 Å². The number of allylic oxidation sites excluding steroid dienone is 2. The van der Waals surface area contributed by atoms with Crippen LogP contribution < -0.4 is 5.32 Å². The van der Waals surface area contributed by atoms with E-state index >= 15 is 0 Å². The average molecular weight is 455 g/mol. The maximum absolute atomic E-state index is 13.1. The summed E-state index contributed by atoms with van der Waals surface area (Å²) < 4.78 is 20.9. The molecule has 1 N–H and O–H groups in total. The number of Topliss-reactive ketones (excluding diaryl/α,β-unsaturated/α-hetero) is 1. The van der Waals surface area contributed by atoms with Crippen LogP contribution in [0, 0.1) is 5.92 Å². The second-order valence-electron chi connectivity index (χ2n) is 7.26. The Hall–Kier alpha value is -3.88. The van der Waals surface area contributed by atoms with Crippen LogP contribution in [0.1, 0.15) is 38.2 Å². The number of carbonyl (C=O) groups is 4. The van der Waals surface area contributed by atoms with Gasteiger partial charge in [-0.1, -0.05) is 18.2 Å². The molecule has 0 bridgehead atoms. The van der Waals surface area contributed by atoms with Crippen molar-refractivity contribution in [3.63, 3.8) is 0 Å². The fourth-order valence-electron chi connectivity index (χ4n) is 3.60. The van der Waals surface area contributed by atoms with Crippen molar-refractivity contribution in [3.8, 4) is 0 Å². The first-order valence-corrected chi connectivity index (χ1v) is 10.5. The summed E-state index contributed by atoms with van der Waals surface area (Å²) in [5.41, 5.74) is 1.05. The standard InChI is InChI=1S/C24H25NO8/c1-5-30-22(27)19-13(3)25-14(4)20(23(28)31-6-2)21(19)24(29)32-12-16(26)18-11-15-9-7-8-10-17(15)33-18/h7-11,21,25H,5-6,12H2,1-4H3. The number of fused-ring (bicyclic) bond motifs is 1. The van der Waals surface area contributed by atoms with Crippen LogP contribution in [0.15, 0.2) is 57.3 Å². The third-order valence-corrected chi connectivity index (χ3v) is 5.03. The number of nitrogens with one attached hydrogen (secondary N) is 1. The van der Waals surface area contributed by atoms with Crippen molar-refractivity contribution in [1.82, 2.24) is 5.32 Å². The molecule has 0 unspecified atom stereocenters. The minimum Gasteiger partial charge on any atom is -0.463 e. The quantitative estimate of drug-likeness (QED) is 0.364. The summed E-state index contributed by atoms with van der Waals surface area (Å²) in [5.74, 6) is -4.45. The van der Waals surface area contributed by atoms with Gasteiger partial charge in [0, 0.05) is 16.8 Å². The van der Waals surface area contributed by atoms with E-state index in [-0.39, 0.29) is 30.1 Å². The predicted octanol–water partition coefficient (Wildman–Crippen LogP) is 3.05. The Morgan fingerprint density at radius 3 is 2.03 bits per heavy atom. The molecule has 3 rings (SSSR count). The number of rotatable bonds is 8. The molecule has 2 heterocycles. The zero-order valence-electron chi connectivity index (χ0n) is 18.9. The maximum atomic E-state index is 13.1. The molecule has 0 spiro atoms. The van der Waals surface area contributed by atoms with E-state index in [1.165, 1.54) is 0 Å². The maximum Gasteiger partial charge on any atom is 0.337 e. The van der Waals surface area contributed by atoms with Gasteiger partial charge in [-0.2, -0.15) is 0 Å². The van der Waals surface area contributed by atoms with E-state index < -0.39 is 36.2 Å². The van der Waals surface area contributed by atoms with Crippen molar-refractivity contribution in [2.45, 2.75) is 27.7 Å². The summed E-state index contributed by atoms with van der Waals surface area (Å²) in [6, 6.07) is 8.63. The van der Waals surface area contributed by atoms with Gasteiger partial charge in [-0.15, -0.1) is 0 Å². The van der Waals surface area contributed by atoms with Gasteiger partial charge in [0.25, 0.3) is 0 Å². The van der Waals surface area contributed by atoms with E-state index in [2.05, 4.69) is 5.32 Å². The lowest BCUT2D eigenvalue weighted by Gasteiger charge is -2.28. The number of para-hydroxylation sites is 1. The molecule has 0 saturated heterocycles. The van der Waals surface area contributed by atoms with Crippen LogP contribution in [0.3, 0.4) is 0 Å². The largest absolute Gasteiger partial charge is 0.463 e. The Morgan fingerprint density at radius 2 is 1.48 bits per heavy atom. The first-order valence-electron chi connectivity index (χ1n) is 10.5. The SMILES string of the molecule is CCOC(=O)C1=C(C)NC(C)=C(C(=O)OCC)C1C(=O)OCC(=O)c1cc2ccccc2o1. The Labute approximate surface area is 190 Å². The van der Waals surface area contributed by atoms with Crippen LogP contribution >= 0.6 is 0 Å². The molecule has 0 atom stereocenters. The average Bonchev–Trinajstić information content (AvgIpc) is 3.21. The molecule has 9 nitrogen and oxygen atoms in total. The van der Waals surface area contributed by atoms with Crippen molar-refractivity contribution in [2.24, 2.45) is 5.92 Å². The molecule has 0 fully saturated rings. The van der Waals surface area contributed by atoms with Crippen LogP contribution in [0.25, 0.3) is 11.0 Å². The van der Waals surface area contributed by atoms with Crippen molar-refractivity contribution in [2.75, 3.05) is 19.8 Å². The number of benzene rings is 1. The molecule has 0 amide bonds. The predicted molar refractivity (Wildman–Crippen MR) is 117 cm³/mol. The van der Waals surface area contributed by atoms with Gasteiger partial charge >= 0.3 is 17.9 Å². The fourth-order valence-corrected chi connectivity index (χ4v) is 3.60. The lowest BCUT2D eigenvalue weighted by atomic mass is 9.85. The minimum absolute atomic E-state index is 0.0315. The van der Waals surface area contributed by atoms with Crippen molar-refractivity contribution in [3.05, 3.63) is 58.6 Å². The molecule has 9 heteroatoms. The number of esters is 3. The van der Waals surface area contributed by atoms with E-state index in [0.717, 1.165) is 5.39 Å². The Morgan fingerprint density at radius 1 is 0.909 bits per heavy atom. The van der Waals surface area contributed by atoms with E-state index in [1.807, 2.05) is 0 Å². The Kier molecular flexibility index (Phi) is 7.32. The highest BCUT2D eigenvalue weighted by molar-refractivity contribution is 6.06. The molecule has 0 radical (unpaired) electrons. The summed E-state index contributed by atoms with van der Waals surface area (Å²) in [7, 11) is 0. The molecule has 1 aromatic heterocycles. The normalized spacial score (nSPS) is 14.2. The van der Waals surface area contributed by atoms with Gasteiger partial charge in [0.05, 0.1) is 24.4 Å². The molecule has 2 aromatic rings. The van der Waals surface area contributed by atoms with Crippen molar-refractivity contribution in [1.29, 1.82) is 0 Å². The summed E-state index contributed by atoms with van der Waals surface area (Å²) >= 11 is 0. The van der Waals surface area contributed by atoms with Crippen molar-refractivity contribution >= 4 is 34.7 Å². The second kappa shape index (κ2) is 10.2. The summed E-state index contributed by atoms with van der Waals surface area (Å²) in [5, 5.41) is 3.65. The molecule has 1 aliphatic rings. The van der Waals surface area contributed by atoms with E-state index in [0.29, 0.717) is 17.0 Å². The third kappa shape index (κ3) is 4.97. The summed E-state index contributed by atoms with van der Waals surface area (Å²) in [6.45, 7) is 5.91. The van der Waals surface area contributed by atoms with Crippen LogP contribution in [-0.2, 0) is 28.6 Å². The number of hydrogen-bond acceptors (Lipinski definition) is 9. The number of hydrogen-bond donors (Lipinski definition) is 1. The second-order valence-corrected chi connectivity index (χ2v) is 7.26. The zero-order chi connectivity index (χ0) is 24.1. The molecule has 174 valence electrons. The molecular weight excluding hydrogens is 430 g/mol. The molecule has 1 aromatic carbocycles. The smallest absolute Gasteiger partial charge is 0.337 e. The van der Waals surface area contributed by atoms with Gasteiger partial charge in [-0.05, 0) is 39.8 Å². The van der Waals surface area contributed by atoms with Gasteiger partial charge < -0.3 is 23.9 Å². The number of ketones is 1. The topological polar surface area (TPSA) is 121 Å². The van der Waals surface area contributed by atoms with Crippen LogP contribution in [-0.4, -0.2) is 43.5 Å². The van der Waals surface area contributed by atoms with Gasteiger partial charge in [-0.25, -0.2) is 9.59 Å². The third-order valence-electron chi connectivity index (χ3n) is 5.03. The first kappa shape index (κ1) is 23.8.